The Hall–Kier alpha value is -3.48. The Bertz CT molecular complexity index is 1040. The summed E-state index contributed by atoms with van der Waals surface area (Å²) in [7, 11) is 1.63. The lowest BCUT2D eigenvalue weighted by molar-refractivity contribution is -0.144. The van der Waals surface area contributed by atoms with E-state index in [4.69, 9.17) is 9.47 Å². The second-order valence-corrected chi connectivity index (χ2v) is 6.13. The fourth-order valence-corrected chi connectivity index (χ4v) is 2.72. The number of nitrogens with zero attached hydrogens (tertiary/aromatic N) is 2. The highest BCUT2D eigenvalue weighted by Gasteiger charge is 2.11. The van der Waals surface area contributed by atoms with Crippen LogP contribution in [0.15, 0.2) is 59.4 Å². The van der Waals surface area contributed by atoms with E-state index in [0.717, 1.165) is 0 Å². The molecule has 3 aromatic rings. The molecule has 0 aliphatic rings. The summed E-state index contributed by atoms with van der Waals surface area (Å²) >= 11 is 0. The van der Waals surface area contributed by atoms with Crippen molar-refractivity contribution in [2.24, 2.45) is 7.05 Å². The van der Waals surface area contributed by atoms with Gasteiger partial charge in [0.2, 0.25) is 0 Å². The van der Waals surface area contributed by atoms with Crippen LogP contribution in [-0.2, 0) is 27.7 Å². The van der Waals surface area contributed by atoms with Crippen molar-refractivity contribution in [1.29, 1.82) is 0 Å². The minimum absolute atomic E-state index is 0.0216. The van der Waals surface area contributed by atoms with Gasteiger partial charge in [0.15, 0.2) is 0 Å². The Morgan fingerprint density at radius 2 is 1.64 bits per heavy atom. The number of aromatic nitrogens is 2. The first kappa shape index (κ1) is 19.3. The van der Waals surface area contributed by atoms with Crippen LogP contribution in [0.2, 0.25) is 0 Å². The van der Waals surface area contributed by atoms with Crippen molar-refractivity contribution in [1.82, 2.24) is 9.55 Å². The van der Waals surface area contributed by atoms with Crippen molar-refractivity contribution < 1.29 is 19.1 Å². The third-order valence-corrected chi connectivity index (χ3v) is 4.22. The summed E-state index contributed by atoms with van der Waals surface area (Å²) in [5.74, 6) is -0.402. The van der Waals surface area contributed by atoms with Crippen LogP contribution in [0.3, 0.4) is 0 Å². The van der Waals surface area contributed by atoms with E-state index in [1.165, 1.54) is 4.57 Å². The number of ether oxygens (including phenoxy) is 2. The van der Waals surface area contributed by atoms with E-state index >= 15 is 0 Å². The summed E-state index contributed by atoms with van der Waals surface area (Å²) in [6.07, 6.45) is 0.352. The molecule has 0 N–H and O–H groups in total. The third-order valence-electron chi connectivity index (χ3n) is 4.22. The van der Waals surface area contributed by atoms with Gasteiger partial charge in [0.1, 0.15) is 19.0 Å². The van der Waals surface area contributed by atoms with E-state index in [1.54, 1.807) is 55.6 Å². The number of carbonyl (C=O) groups excluding carboxylic acids is 2. The molecule has 0 aliphatic carbocycles. The number of para-hydroxylation sites is 1. The van der Waals surface area contributed by atoms with Crippen molar-refractivity contribution in [2.45, 2.75) is 12.8 Å². The normalized spacial score (nSPS) is 10.6. The van der Waals surface area contributed by atoms with Crippen molar-refractivity contribution >= 4 is 22.8 Å². The lowest BCUT2D eigenvalue weighted by Crippen LogP contribution is -2.23. The molecular weight excluding hydrogens is 360 g/mol. The number of esters is 2. The molecule has 0 spiro atoms. The Labute approximate surface area is 161 Å². The Morgan fingerprint density at radius 1 is 0.964 bits per heavy atom. The summed E-state index contributed by atoms with van der Waals surface area (Å²) in [5.41, 5.74) is 0.890. The molecule has 3 rings (SSSR count). The second kappa shape index (κ2) is 8.94. The van der Waals surface area contributed by atoms with Gasteiger partial charge in [0.05, 0.1) is 22.9 Å². The van der Waals surface area contributed by atoms with Crippen molar-refractivity contribution in [3.05, 3.63) is 76.3 Å². The summed E-state index contributed by atoms with van der Waals surface area (Å²) < 4.78 is 11.6. The van der Waals surface area contributed by atoms with Gasteiger partial charge in [-0.3, -0.25) is 14.2 Å². The van der Waals surface area contributed by atoms with Gasteiger partial charge in [-0.2, -0.15) is 0 Å². The SMILES string of the molecule is Cn1c(CCC(=O)OCCOC(=O)c2ccccc2)nc2ccccc2c1=O. The van der Waals surface area contributed by atoms with Gasteiger partial charge < -0.3 is 9.47 Å². The highest BCUT2D eigenvalue weighted by atomic mass is 16.6. The standard InChI is InChI=1S/C21H20N2O5/c1-23-18(22-17-10-6-5-9-16(17)20(23)25)11-12-19(24)27-13-14-28-21(26)15-7-3-2-4-8-15/h2-10H,11-14H2,1H3. The Morgan fingerprint density at radius 3 is 2.43 bits per heavy atom. The molecule has 0 saturated carbocycles. The molecule has 0 bridgehead atoms. The number of hydrogen-bond acceptors (Lipinski definition) is 6. The maximum atomic E-state index is 12.3. The Kier molecular flexibility index (Phi) is 6.16. The maximum Gasteiger partial charge on any atom is 0.338 e. The molecular formula is C21H20N2O5. The van der Waals surface area contributed by atoms with Crippen LogP contribution < -0.4 is 5.56 Å². The molecule has 0 fully saturated rings. The van der Waals surface area contributed by atoms with Crippen molar-refractivity contribution in [2.75, 3.05) is 13.2 Å². The topological polar surface area (TPSA) is 87.5 Å². The monoisotopic (exact) mass is 380 g/mol. The molecule has 0 radical (unpaired) electrons. The molecule has 2 aromatic carbocycles. The Balaban J connectivity index is 1.47. The van der Waals surface area contributed by atoms with Crippen LogP contribution >= 0.6 is 0 Å². The van der Waals surface area contributed by atoms with E-state index in [9.17, 15) is 14.4 Å². The van der Waals surface area contributed by atoms with Gasteiger partial charge >= 0.3 is 11.9 Å². The maximum absolute atomic E-state index is 12.3. The van der Waals surface area contributed by atoms with Crippen LogP contribution in [0.5, 0.6) is 0 Å². The molecule has 1 heterocycles. The lowest BCUT2D eigenvalue weighted by atomic mass is 10.2. The first-order chi connectivity index (χ1) is 13.6. The molecule has 0 unspecified atom stereocenters. The smallest absolute Gasteiger partial charge is 0.338 e. The third kappa shape index (κ3) is 4.62. The number of hydrogen-bond donors (Lipinski definition) is 0. The number of fused-ring (bicyclic) bond motifs is 1. The number of carbonyl (C=O) groups is 2. The van der Waals surface area contributed by atoms with E-state index in [-0.39, 0.29) is 31.6 Å². The number of benzene rings is 2. The van der Waals surface area contributed by atoms with Gasteiger partial charge in [-0.25, -0.2) is 9.78 Å². The number of rotatable bonds is 7. The minimum atomic E-state index is -0.466. The van der Waals surface area contributed by atoms with Crippen molar-refractivity contribution in [3.63, 3.8) is 0 Å². The molecule has 144 valence electrons. The fraction of sp³-hybridized carbons (Fsp3) is 0.238. The summed E-state index contributed by atoms with van der Waals surface area (Å²) in [4.78, 5) is 40.5. The van der Waals surface area contributed by atoms with Crippen LogP contribution in [0.4, 0.5) is 0 Å². The molecule has 28 heavy (non-hydrogen) atoms. The molecule has 0 amide bonds. The predicted octanol–water partition coefficient (Wildman–Crippen LogP) is 2.27. The van der Waals surface area contributed by atoms with Crippen molar-refractivity contribution in [3.8, 4) is 0 Å². The van der Waals surface area contributed by atoms with Crippen LogP contribution in [0, 0.1) is 0 Å². The highest BCUT2D eigenvalue weighted by molar-refractivity contribution is 5.89. The fourth-order valence-electron chi connectivity index (χ4n) is 2.72. The summed E-state index contributed by atoms with van der Waals surface area (Å²) in [6.45, 7) is -0.0480. The van der Waals surface area contributed by atoms with Crippen LogP contribution in [0.1, 0.15) is 22.6 Å². The van der Waals surface area contributed by atoms with Gasteiger partial charge in [0, 0.05) is 13.5 Å². The summed E-state index contributed by atoms with van der Waals surface area (Å²) in [6, 6.07) is 15.7. The average molecular weight is 380 g/mol. The predicted molar refractivity (Wildman–Crippen MR) is 103 cm³/mol. The average Bonchev–Trinajstić information content (AvgIpc) is 2.73. The first-order valence-electron chi connectivity index (χ1n) is 8.88. The first-order valence-corrected chi connectivity index (χ1v) is 8.88. The highest BCUT2D eigenvalue weighted by Crippen LogP contribution is 2.08. The molecule has 1 aromatic heterocycles. The van der Waals surface area contributed by atoms with Gasteiger partial charge in [0.25, 0.3) is 5.56 Å². The van der Waals surface area contributed by atoms with E-state index in [2.05, 4.69) is 4.98 Å². The molecule has 7 heteroatoms. The summed E-state index contributed by atoms with van der Waals surface area (Å²) in [5, 5.41) is 0.538. The second-order valence-electron chi connectivity index (χ2n) is 6.13. The largest absolute Gasteiger partial charge is 0.462 e. The van der Waals surface area contributed by atoms with Gasteiger partial charge in [-0.15, -0.1) is 0 Å². The van der Waals surface area contributed by atoms with E-state index < -0.39 is 11.9 Å². The molecule has 0 saturated heterocycles. The molecule has 0 atom stereocenters. The zero-order valence-electron chi connectivity index (χ0n) is 15.5. The van der Waals surface area contributed by atoms with Gasteiger partial charge in [-0.1, -0.05) is 30.3 Å². The van der Waals surface area contributed by atoms with E-state index in [0.29, 0.717) is 22.3 Å². The number of aryl methyl sites for hydroxylation is 1. The quantitative estimate of drug-likeness (QED) is 0.462. The van der Waals surface area contributed by atoms with Gasteiger partial charge in [-0.05, 0) is 24.3 Å². The van der Waals surface area contributed by atoms with Crippen LogP contribution in [0.25, 0.3) is 10.9 Å². The lowest BCUT2D eigenvalue weighted by Gasteiger charge is -2.09. The zero-order chi connectivity index (χ0) is 19.9. The molecule has 0 aliphatic heterocycles. The minimum Gasteiger partial charge on any atom is -0.462 e. The van der Waals surface area contributed by atoms with Crippen LogP contribution in [-0.4, -0.2) is 34.7 Å². The van der Waals surface area contributed by atoms with E-state index in [1.807, 2.05) is 6.07 Å². The molecule has 7 nitrogen and oxygen atoms in total. The zero-order valence-corrected chi connectivity index (χ0v) is 15.5.